The normalized spacial score (nSPS) is 10.3. The van der Waals surface area contributed by atoms with E-state index in [9.17, 15) is 4.79 Å². The Bertz CT molecular complexity index is 552. The number of esters is 1. The van der Waals surface area contributed by atoms with Gasteiger partial charge in [-0.15, -0.1) is 0 Å². The molecule has 0 aliphatic carbocycles. The number of aromatic nitrogens is 1. The Balaban J connectivity index is 1.68. The van der Waals surface area contributed by atoms with Crippen molar-refractivity contribution >= 4 is 5.97 Å². The Labute approximate surface area is 124 Å². The predicted octanol–water partition coefficient (Wildman–Crippen LogP) is 3.02. The van der Waals surface area contributed by atoms with Crippen LogP contribution in [0, 0.1) is 0 Å². The largest absolute Gasteiger partial charge is 0.465 e. The number of nitrogens with zero attached hydrogens (tertiary/aromatic N) is 1. The lowest BCUT2D eigenvalue weighted by molar-refractivity contribution is 0.0600. The van der Waals surface area contributed by atoms with Gasteiger partial charge in [0.1, 0.15) is 0 Å². The molecule has 0 N–H and O–H groups in total. The molecule has 1 aromatic heterocycles. The van der Waals surface area contributed by atoms with Crippen LogP contribution in [0.15, 0.2) is 48.7 Å². The molecule has 1 aromatic carbocycles. The van der Waals surface area contributed by atoms with E-state index in [1.54, 1.807) is 12.1 Å². The fourth-order valence-corrected chi connectivity index (χ4v) is 1.95. The highest BCUT2D eigenvalue weighted by Gasteiger charge is 2.05. The molecule has 1 heterocycles. The van der Waals surface area contributed by atoms with Gasteiger partial charge < -0.3 is 9.47 Å². The van der Waals surface area contributed by atoms with Gasteiger partial charge in [-0.25, -0.2) is 4.79 Å². The minimum absolute atomic E-state index is 0.377. The van der Waals surface area contributed by atoms with Crippen LogP contribution in [0.3, 0.4) is 0 Å². The second-order valence-corrected chi connectivity index (χ2v) is 4.67. The molecule has 110 valence electrons. The highest BCUT2D eigenvalue weighted by atomic mass is 16.5. The van der Waals surface area contributed by atoms with Crippen molar-refractivity contribution < 1.29 is 14.3 Å². The second kappa shape index (κ2) is 8.17. The number of carbonyl (C=O) groups excluding carboxylic acids is 1. The molecule has 4 nitrogen and oxygen atoms in total. The van der Waals surface area contributed by atoms with Crippen LogP contribution in [-0.4, -0.2) is 24.7 Å². The van der Waals surface area contributed by atoms with E-state index >= 15 is 0 Å². The molecule has 0 fully saturated rings. The van der Waals surface area contributed by atoms with Crippen molar-refractivity contribution in [2.24, 2.45) is 0 Å². The molecule has 0 atom stereocenters. The molecule has 0 saturated carbocycles. The lowest BCUT2D eigenvalue weighted by Gasteiger charge is -2.05. The Morgan fingerprint density at radius 1 is 1.14 bits per heavy atom. The summed E-state index contributed by atoms with van der Waals surface area (Å²) in [6, 6.07) is 13.8. The summed E-state index contributed by atoms with van der Waals surface area (Å²) in [5.41, 5.74) is 2.58. The molecule has 21 heavy (non-hydrogen) atoms. The van der Waals surface area contributed by atoms with Crippen LogP contribution in [0.25, 0.3) is 0 Å². The first-order valence-corrected chi connectivity index (χ1v) is 6.94. The van der Waals surface area contributed by atoms with Crippen molar-refractivity contribution in [3.8, 4) is 0 Å². The van der Waals surface area contributed by atoms with Crippen molar-refractivity contribution in [2.75, 3.05) is 13.7 Å². The van der Waals surface area contributed by atoms with E-state index < -0.39 is 0 Å². The smallest absolute Gasteiger partial charge is 0.339 e. The summed E-state index contributed by atoms with van der Waals surface area (Å²) in [7, 11) is 1.35. The minimum atomic E-state index is -0.377. The number of carbonyl (C=O) groups is 1. The Kier molecular flexibility index (Phi) is 5.91. The van der Waals surface area contributed by atoms with Gasteiger partial charge in [0.2, 0.25) is 0 Å². The van der Waals surface area contributed by atoms with Gasteiger partial charge in [0.25, 0.3) is 0 Å². The van der Waals surface area contributed by atoms with Crippen molar-refractivity contribution in [1.82, 2.24) is 4.98 Å². The van der Waals surface area contributed by atoms with Gasteiger partial charge in [-0.2, -0.15) is 0 Å². The zero-order valence-electron chi connectivity index (χ0n) is 12.1. The molecule has 2 rings (SSSR count). The number of rotatable bonds is 7. The molecular weight excluding hydrogens is 266 g/mol. The van der Waals surface area contributed by atoms with Crippen LogP contribution in [-0.2, 0) is 22.5 Å². The van der Waals surface area contributed by atoms with Gasteiger partial charge in [-0.3, -0.25) is 4.98 Å². The van der Waals surface area contributed by atoms with E-state index in [1.807, 2.05) is 18.2 Å². The van der Waals surface area contributed by atoms with Crippen LogP contribution in [0.5, 0.6) is 0 Å². The lowest BCUT2D eigenvalue weighted by atomic mass is 10.1. The average Bonchev–Trinajstić information content (AvgIpc) is 2.55. The molecule has 0 radical (unpaired) electrons. The number of aryl methyl sites for hydroxylation is 1. The molecule has 0 aliphatic rings. The zero-order chi connectivity index (χ0) is 14.9. The van der Waals surface area contributed by atoms with E-state index in [1.165, 1.54) is 18.9 Å². The Morgan fingerprint density at radius 3 is 2.62 bits per heavy atom. The third-order valence-electron chi connectivity index (χ3n) is 3.09. The van der Waals surface area contributed by atoms with E-state index in [-0.39, 0.29) is 5.97 Å². The Hall–Kier alpha value is -2.20. The van der Waals surface area contributed by atoms with Gasteiger partial charge in [-0.05, 0) is 30.5 Å². The van der Waals surface area contributed by atoms with E-state index in [4.69, 9.17) is 4.74 Å². The van der Waals surface area contributed by atoms with Crippen molar-refractivity contribution in [3.05, 3.63) is 65.5 Å². The number of hydrogen-bond acceptors (Lipinski definition) is 4. The summed E-state index contributed by atoms with van der Waals surface area (Å²) in [5, 5.41) is 0. The third kappa shape index (κ3) is 5.00. The summed E-state index contributed by atoms with van der Waals surface area (Å²) in [4.78, 5) is 15.4. The maximum absolute atomic E-state index is 11.3. The molecule has 0 unspecified atom stereocenters. The summed E-state index contributed by atoms with van der Waals surface area (Å²) >= 11 is 0. The molecule has 2 aromatic rings. The highest BCUT2D eigenvalue weighted by molar-refractivity contribution is 5.88. The van der Waals surface area contributed by atoms with Crippen LogP contribution >= 0.6 is 0 Å². The van der Waals surface area contributed by atoms with E-state index in [0.717, 1.165) is 18.5 Å². The van der Waals surface area contributed by atoms with Gasteiger partial charge in [0, 0.05) is 12.8 Å². The van der Waals surface area contributed by atoms with Gasteiger partial charge >= 0.3 is 5.97 Å². The quantitative estimate of drug-likeness (QED) is 0.579. The van der Waals surface area contributed by atoms with Crippen LogP contribution < -0.4 is 0 Å². The van der Waals surface area contributed by atoms with Crippen molar-refractivity contribution in [3.63, 3.8) is 0 Å². The fraction of sp³-hybridized carbons (Fsp3) is 0.294. The first-order valence-electron chi connectivity index (χ1n) is 6.94. The van der Waals surface area contributed by atoms with Gasteiger partial charge in [-0.1, -0.05) is 30.3 Å². The molecule has 4 heteroatoms. The molecule has 0 spiro atoms. The van der Waals surface area contributed by atoms with Crippen molar-refractivity contribution in [2.45, 2.75) is 19.4 Å². The van der Waals surface area contributed by atoms with Gasteiger partial charge in [0.15, 0.2) is 0 Å². The third-order valence-corrected chi connectivity index (χ3v) is 3.09. The number of pyridine rings is 1. The van der Waals surface area contributed by atoms with Crippen LogP contribution in [0.4, 0.5) is 0 Å². The zero-order valence-corrected chi connectivity index (χ0v) is 12.1. The van der Waals surface area contributed by atoms with Crippen LogP contribution in [0.2, 0.25) is 0 Å². The average molecular weight is 285 g/mol. The molecule has 0 amide bonds. The molecule has 0 aliphatic heterocycles. The highest BCUT2D eigenvalue weighted by Crippen LogP contribution is 2.05. The van der Waals surface area contributed by atoms with Crippen LogP contribution in [0.1, 0.15) is 28.0 Å². The lowest BCUT2D eigenvalue weighted by Crippen LogP contribution is -2.04. The SMILES string of the molecule is COC(=O)c1ccc(COCCCc2ccccc2)nc1. The summed E-state index contributed by atoms with van der Waals surface area (Å²) in [5.74, 6) is -0.377. The van der Waals surface area contributed by atoms with Gasteiger partial charge in [0.05, 0.1) is 25.0 Å². The first kappa shape index (κ1) is 15.2. The minimum Gasteiger partial charge on any atom is -0.465 e. The first-order chi connectivity index (χ1) is 10.3. The summed E-state index contributed by atoms with van der Waals surface area (Å²) in [6.07, 6.45) is 3.49. The summed E-state index contributed by atoms with van der Waals surface area (Å²) < 4.78 is 10.2. The van der Waals surface area contributed by atoms with E-state index in [2.05, 4.69) is 21.9 Å². The molecular formula is C17H19NO3. The Morgan fingerprint density at radius 2 is 1.95 bits per heavy atom. The number of benzene rings is 1. The number of methoxy groups -OCH3 is 1. The molecule has 0 bridgehead atoms. The predicted molar refractivity (Wildman–Crippen MR) is 80.0 cm³/mol. The fourth-order valence-electron chi connectivity index (χ4n) is 1.95. The number of hydrogen-bond donors (Lipinski definition) is 0. The molecule has 0 saturated heterocycles. The number of ether oxygens (including phenoxy) is 2. The topological polar surface area (TPSA) is 48.4 Å². The second-order valence-electron chi connectivity index (χ2n) is 4.67. The monoisotopic (exact) mass is 285 g/mol. The van der Waals surface area contributed by atoms with Crippen molar-refractivity contribution in [1.29, 1.82) is 0 Å². The summed E-state index contributed by atoms with van der Waals surface area (Å²) in [6.45, 7) is 1.14. The maximum Gasteiger partial charge on any atom is 0.339 e. The van der Waals surface area contributed by atoms with E-state index in [0.29, 0.717) is 18.8 Å². The maximum atomic E-state index is 11.3. The standard InChI is InChI=1S/C17H19NO3/c1-20-17(19)15-9-10-16(18-12-15)13-21-11-5-8-14-6-3-2-4-7-14/h2-4,6-7,9-10,12H,5,8,11,13H2,1H3.